The molecule has 0 radical (unpaired) electrons. The molecule has 2 N–H and O–H groups in total. The summed E-state index contributed by atoms with van der Waals surface area (Å²) in [5.74, 6) is -0.491. The summed E-state index contributed by atoms with van der Waals surface area (Å²) in [4.78, 5) is 15.8. The standard InChI is InChI=1S/C13H16BrN3O3/c1-8(18)12(13(19)20-2)16-6-10-5-15-11-4-3-9(14)7-17(10)11/h3-5,7-8,12,16,18H,6H2,1-2H3/t8-,12-/m1/s1. The van der Waals surface area contributed by atoms with Gasteiger partial charge in [-0.25, -0.2) is 4.98 Å². The minimum absolute atomic E-state index is 0.391. The first-order valence-electron chi connectivity index (χ1n) is 6.13. The fourth-order valence-corrected chi connectivity index (χ4v) is 2.27. The van der Waals surface area contributed by atoms with Gasteiger partial charge < -0.3 is 14.2 Å². The van der Waals surface area contributed by atoms with E-state index in [1.54, 1.807) is 13.1 Å². The number of aromatic nitrogens is 2. The summed E-state index contributed by atoms with van der Waals surface area (Å²) in [7, 11) is 1.30. The van der Waals surface area contributed by atoms with E-state index in [0.717, 1.165) is 15.8 Å². The second kappa shape index (κ2) is 6.34. The zero-order valence-electron chi connectivity index (χ0n) is 11.2. The van der Waals surface area contributed by atoms with Crippen LogP contribution in [0.25, 0.3) is 5.65 Å². The van der Waals surface area contributed by atoms with Crippen molar-refractivity contribution in [2.24, 2.45) is 0 Å². The minimum atomic E-state index is -0.839. The van der Waals surface area contributed by atoms with Gasteiger partial charge in [0.25, 0.3) is 0 Å². The number of fused-ring (bicyclic) bond motifs is 1. The number of esters is 1. The molecule has 0 saturated carbocycles. The molecule has 0 aliphatic rings. The average Bonchev–Trinajstić information content (AvgIpc) is 2.80. The highest BCUT2D eigenvalue weighted by molar-refractivity contribution is 9.10. The molecule has 2 aromatic rings. The van der Waals surface area contributed by atoms with E-state index in [-0.39, 0.29) is 0 Å². The predicted molar refractivity (Wildman–Crippen MR) is 77.2 cm³/mol. The number of carbonyl (C=O) groups is 1. The molecule has 0 fully saturated rings. The Morgan fingerprint density at radius 2 is 2.35 bits per heavy atom. The number of nitrogens with one attached hydrogen (secondary N) is 1. The molecular weight excluding hydrogens is 326 g/mol. The molecule has 2 aromatic heterocycles. The molecule has 20 heavy (non-hydrogen) atoms. The van der Waals surface area contributed by atoms with Gasteiger partial charge in [-0.2, -0.15) is 0 Å². The van der Waals surface area contributed by atoms with Gasteiger partial charge in [0, 0.05) is 17.2 Å². The monoisotopic (exact) mass is 341 g/mol. The van der Waals surface area contributed by atoms with Crippen molar-refractivity contribution in [1.82, 2.24) is 14.7 Å². The summed E-state index contributed by atoms with van der Waals surface area (Å²) in [5, 5.41) is 12.6. The number of pyridine rings is 1. The Morgan fingerprint density at radius 3 is 3.00 bits per heavy atom. The smallest absolute Gasteiger partial charge is 0.325 e. The van der Waals surface area contributed by atoms with Gasteiger partial charge in [0.15, 0.2) is 0 Å². The van der Waals surface area contributed by atoms with E-state index in [1.165, 1.54) is 7.11 Å². The summed E-state index contributed by atoms with van der Waals surface area (Å²) in [6.07, 6.45) is 2.79. The van der Waals surface area contributed by atoms with Crippen molar-refractivity contribution in [2.45, 2.75) is 25.6 Å². The van der Waals surface area contributed by atoms with E-state index in [4.69, 9.17) is 0 Å². The molecular formula is C13H16BrN3O3. The second-order valence-electron chi connectivity index (χ2n) is 4.45. The molecule has 0 spiro atoms. The van der Waals surface area contributed by atoms with Gasteiger partial charge in [-0.15, -0.1) is 0 Å². The van der Waals surface area contributed by atoms with Gasteiger partial charge in [-0.05, 0) is 35.0 Å². The van der Waals surface area contributed by atoms with Crippen molar-refractivity contribution >= 4 is 27.5 Å². The molecule has 0 aliphatic heterocycles. The third-order valence-electron chi connectivity index (χ3n) is 2.99. The molecule has 0 bridgehead atoms. The van der Waals surface area contributed by atoms with Gasteiger partial charge in [0.1, 0.15) is 11.7 Å². The summed E-state index contributed by atoms with van der Waals surface area (Å²) < 4.78 is 7.50. The molecule has 0 aliphatic carbocycles. The maximum Gasteiger partial charge on any atom is 0.325 e. The zero-order valence-corrected chi connectivity index (χ0v) is 12.8. The van der Waals surface area contributed by atoms with Crippen molar-refractivity contribution in [3.05, 3.63) is 34.7 Å². The highest BCUT2D eigenvalue weighted by Crippen LogP contribution is 2.13. The van der Waals surface area contributed by atoms with Crippen LogP contribution >= 0.6 is 15.9 Å². The number of methoxy groups -OCH3 is 1. The second-order valence-corrected chi connectivity index (χ2v) is 5.36. The number of nitrogens with zero attached hydrogens (tertiary/aromatic N) is 2. The number of aliphatic hydroxyl groups is 1. The van der Waals surface area contributed by atoms with E-state index in [0.29, 0.717) is 6.54 Å². The van der Waals surface area contributed by atoms with E-state index in [2.05, 4.69) is 31.0 Å². The maximum absolute atomic E-state index is 11.6. The van der Waals surface area contributed by atoms with Crippen LogP contribution in [0.5, 0.6) is 0 Å². The highest BCUT2D eigenvalue weighted by Gasteiger charge is 2.24. The van der Waals surface area contributed by atoms with E-state index in [1.807, 2.05) is 22.7 Å². The SMILES string of the molecule is COC(=O)[C@H](NCc1cnc2ccc(Br)cn12)[C@@H](C)O. The fourth-order valence-electron chi connectivity index (χ4n) is 1.93. The van der Waals surface area contributed by atoms with Crippen molar-refractivity contribution in [3.8, 4) is 0 Å². The first kappa shape index (κ1) is 15.0. The van der Waals surface area contributed by atoms with Gasteiger partial charge in [-0.3, -0.25) is 10.1 Å². The molecule has 0 unspecified atom stereocenters. The Kier molecular flexibility index (Phi) is 4.74. The normalized spacial score (nSPS) is 14.2. The van der Waals surface area contributed by atoms with Crippen LogP contribution in [0.3, 0.4) is 0 Å². The van der Waals surface area contributed by atoms with Crippen LogP contribution in [0.15, 0.2) is 29.0 Å². The number of hydrogen-bond acceptors (Lipinski definition) is 5. The van der Waals surface area contributed by atoms with E-state index >= 15 is 0 Å². The lowest BCUT2D eigenvalue weighted by Crippen LogP contribution is -2.45. The number of carbonyl (C=O) groups excluding carboxylic acids is 1. The lowest BCUT2D eigenvalue weighted by Gasteiger charge is -2.18. The molecule has 6 nitrogen and oxygen atoms in total. The first-order valence-corrected chi connectivity index (χ1v) is 6.93. The Morgan fingerprint density at radius 1 is 1.60 bits per heavy atom. The number of rotatable bonds is 5. The summed E-state index contributed by atoms with van der Waals surface area (Å²) in [6, 6.07) is 3.03. The maximum atomic E-state index is 11.6. The number of imidazole rings is 1. The number of aliphatic hydroxyl groups excluding tert-OH is 1. The Bertz CT molecular complexity index is 612. The molecule has 0 saturated heterocycles. The van der Waals surface area contributed by atoms with Gasteiger partial charge >= 0.3 is 5.97 Å². The van der Waals surface area contributed by atoms with Crippen LogP contribution < -0.4 is 5.32 Å². The van der Waals surface area contributed by atoms with Crippen LogP contribution in [0, 0.1) is 0 Å². The van der Waals surface area contributed by atoms with Crippen LogP contribution in [0.2, 0.25) is 0 Å². The van der Waals surface area contributed by atoms with Crippen molar-refractivity contribution in [1.29, 1.82) is 0 Å². The lowest BCUT2D eigenvalue weighted by atomic mass is 10.2. The topological polar surface area (TPSA) is 75.9 Å². The number of hydrogen-bond donors (Lipinski definition) is 2. The minimum Gasteiger partial charge on any atom is -0.468 e. The van der Waals surface area contributed by atoms with Gasteiger partial charge in [0.05, 0.1) is 25.1 Å². The molecule has 2 atom stereocenters. The first-order chi connectivity index (χ1) is 9.52. The van der Waals surface area contributed by atoms with Crippen LogP contribution in [0.4, 0.5) is 0 Å². The third-order valence-corrected chi connectivity index (χ3v) is 3.46. The molecule has 2 rings (SSSR count). The third kappa shape index (κ3) is 3.17. The summed E-state index contributed by atoms with van der Waals surface area (Å²) >= 11 is 3.41. The van der Waals surface area contributed by atoms with Crippen molar-refractivity contribution in [2.75, 3.05) is 7.11 Å². The zero-order chi connectivity index (χ0) is 14.7. The molecule has 2 heterocycles. The fraction of sp³-hybridized carbons (Fsp3) is 0.385. The predicted octanol–water partition coefficient (Wildman–Crippen LogP) is 1.11. The molecule has 0 amide bonds. The number of halogens is 1. The van der Waals surface area contributed by atoms with E-state index < -0.39 is 18.1 Å². The molecule has 0 aromatic carbocycles. The lowest BCUT2D eigenvalue weighted by molar-refractivity contribution is -0.145. The van der Waals surface area contributed by atoms with Gasteiger partial charge in [0.2, 0.25) is 0 Å². The summed E-state index contributed by atoms with van der Waals surface area (Å²) in [5.41, 5.74) is 1.70. The van der Waals surface area contributed by atoms with Crippen molar-refractivity contribution in [3.63, 3.8) is 0 Å². The Balaban J connectivity index is 2.15. The summed E-state index contributed by atoms with van der Waals surface area (Å²) in [6.45, 7) is 1.93. The quantitative estimate of drug-likeness (QED) is 0.796. The Hall–Kier alpha value is -1.44. The van der Waals surface area contributed by atoms with Crippen molar-refractivity contribution < 1.29 is 14.6 Å². The molecule has 7 heteroatoms. The van der Waals surface area contributed by atoms with Crippen LogP contribution in [0.1, 0.15) is 12.6 Å². The molecule has 108 valence electrons. The van der Waals surface area contributed by atoms with Gasteiger partial charge in [-0.1, -0.05) is 0 Å². The largest absolute Gasteiger partial charge is 0.468 e. The Labute approximate surface area is 124 Å². The average molecular weight is 342 g/mol. The van der Waals surface area contributed by atoms with E-state index in [9.17, 15) is 9.90 Å². The number of ether oxygens (including phenoxy) is 1. The highest BCUT2D eigenvalue weighted by atomic mass is 79.9. The van der Waals surface area contributed by atoms with Crippen LogP contribution in [-0.4, -0.2) is 39.7 Å². The van der Waals surface area contributed by atoms with Crippen LogP contribution in [-0.2, 0) is 16.1 Å².